The van der Waals surface area contributed by atoms with Crippen LogP contribution in [0.15, 0.2) is 18.5 Å². The zero-order valence-electron chi connectivity index (χ0n) is 14.5. The number of rotatable bonds is 5. The van der Waals surface area contributed by atoms with Gasteiger partial charge in [0.05, 0.1) is 6.10 Å². The van der Waals surface area contributed by atoms with Gasteiger partial charge < -0.3 is 15.8 Å². The highest BCUT2D eigenvalue weighted by atomic mass is 16.5. The van der Waals surface area contributed by atoms with Gasteiger partial charge in [0.1, 0.15) is 17.5 Å². The first-order valence-electron chi connectivity index (χ1n) is 8.47. The minimum absolute atomic E-state index is 0.210. The number of hydrogen-bond donors (Lipinski definition) is 2. The molecule has 1 fully saturated rings. The molecule has 1 saturated heterocycles. The lowest BCUT2D eigenvalue weighted by Crippen LogP contribution is -2.19. The van der Waals surface area contributed by atoms with E-state index in [1.807, 2.05) is 19.9 Å². The van der Waals surface area contributed by atoms with Gasteiger partial charge in [-0.1, -0.05) is 13.8 Å². The van der Waals surface area contributed by atoms with Gasteiger partial charge in [-0.3, -0.25) is 0 Å². The van der Waals surface area contributed by atoms with Crippen LogP contribution in [0.5, 0.6) is 0 Å². The molecule has 3 heterocycles. The molecule has 7 nitrogen and oxygen atoms in total. The third-order valence-corrected chi connectivity index (χ3v) is 4.25. The lowest BCUT2D eigenvalue weighted by Gasteiger charge is -2.13. The summed E-state index contributed by atoms with van der Waals surface area (Å²) in [6, 6.07) is 4.02. The molecule has 0 radical (unpaired) electrons. The fourth-order valence-electron chi connectivity index (χ4n) is 2.80. The van der Waals surface area contributed by atoms with Gasteiger partial charge in [0, 0.05) is 42.4 Å². The number of aromatic nitrogens is 3. The molecule has 0 aromatic carbocycles. The number of nitrogens with two attached hydrogens (primary N) is 1. The molecule has 0 saturated carbocycles. The molecular formula is C18H22N6O. The van der Waals surface area contributed by atoms with Crippen molar-refractivity contribution in [3.63, 3.8) is 0 Å². The average Bonchev–Trinajstić information content (AvgIpc) is 3.13. The smallest absolute Gasteiger partial charge is 0.222 e. The molecule has 130 valence electrons. The molecule has 2 aromatic rings. The number of anilines is 2. The van der Waals surface area contributed by atoms with Crippen LogP contribution in [0, 0.1) is 11.3 Å². The van der Waals surface area contributed by atoms with E-state index in [9.17, 15) is 5.26 Å². The molecule has 3 N–H and O–H groups in total. The largest absolute Gasteiger partial charge is 0.383 e. The van der Waals surface area contributed by atoms with E-state index in [0.717, 1.165) is 30.7 Å². The Hall–Kier alpha value is -2.72. The predicted molar refractivity (Wildman–Crippen MR) is 95.9 cm³/mol. The monoisotopic (exact) mass is 338 g/mol. The number of nitrogens with zero attached hydrogens (tertiary/aromatic N) is 4. The summed E-state index contributed by atoms with van der Waals surface area (Å²) in [5.74, 6) is 0.996. The Morgan fingerprint density at radius 3 is 2.76 bits per heavy atom. The van der Waals surface area contributed by atoms with Crippen molar-refractivity contribution in [2.45, 2.75) is 38.7 Å². The normalized spacial score (nSPS) is 16.8. The van der Waals surface area contributed by atoms with Crippen LogP contribution in [-0.2, 0) is 4.74 Å². The first kappa shape index (κ1) is 17.1. The van der Waals surface area contributed by atoms with E-state index in [4.69, 9.17) is 10.5 Å². The molecule has 7 heteroatoms. The van der Waals surface area contributed by atoms with Crippen molar-refractivity contribution in [3.05, 3.63) is 29.7 Å². The lowest BCUT2D eigenvalue weighted by molar-refractivity contribution is 0.120. The second kappa shape index (κ2) is 7.45. The second-order valence-corrected chi connectivity index (χ2v) is 6.43. The summed E-state index contributed by atoms with van der Waals surface area (Å²) in [4.78, 5) is 13.0. The number of nitrogen functional groups attached to an aromatic ring is 1. The van der Waals surface area contributed by atoms with Gasteiger partial charge in [-0.05, 0) is 24.8 Å². The first-order chi connectivity index (χ1) is 12.1. The fraction of sp³-hybridized carbons (Fsp3) is 0.444. The molecule has 3 rings (SSSR count). The molecule has 1 atom stereocenters. The molecule has 1 aliphatic heterocycles. The van der Waals surface area contributed by atoms with Gasteiger partial charge in [-0.2, -0.15) is 5.26 Å². The third kappa shape index (κ3) is 3.86. The number of ether oxygens (including phenoxy) is 1. The minimum atomic E-state index is 0.210. The van der Waals surface area contributed by atoms with Crippen LogP contribution in [-0.4, -0.2) is 34.2 Å². The van der Waals surface area contributed by atoms with Crippen LogP contribution in [0.2, 0.25) is 0 Å². The Morgan fingerprint density at radius 1 is 1.40 bits per heavy atom. The van der Waals surface area contributed by atoms with Gasteiger partial charge >= 0.3 is 0 Å². The second-order valence-electron chi connectivity index (χ2n) is 6.43. The number of nitriles is 1. The summed E-state index contributed by atoms with van der Waals surface area (Å²) in [6.07, 6.45) is 5.78. The van der Waals surface area contributed by atoms with Gasteiger partial charge in [0.2, 0.25) is 5.95 Å². The Kier molecular flexibility index (Phi) is 5.10. The van der Waals surface area contributed by atoms with Crippen LogP contribution in [0.1, 0.15) is 43.9 Å². The molecule has 0 aliphatic carbocycles. The van der Waals surface area contributed by atoms with Crippen LogP contribution in [0.4, 0.5) is 11.8 Å². The number of nitrogens with one attached hydrogen (secondary N) is 1. The summed E-state index contributed by atoms with van der Waals surface area (Å²) in [7, 11) is 0. The van der Waals surface area contributed by atoms with Gasteiger partial charge in [0.25, 0.3) is 0 Å². The minimum Gasteiger partial charge on any atom is -0.383 e. The van der Waals surface area contributed by atoms with Crippen LogP contribution < -0.4 is 11.1 Å². The van der Waals surface area contributed by atoms with Crippen molar-refractivity contribution in [3.8, 4) is 17.2 Å². The Balaban J connectivity index is 1.82. The van der Waals surface area contributed by atoms with Gasteiger partial charge in [-0.25, -0.2) is 15.0 Å². The van der Waals surface area contributed by atoms with E-state index in [1.54, 1.807) is 12.4 Å². The van der Waals surface area contributed by atoms with Crippen molar-refractivity contribution in [2.24, 2.45) is 0 Å². The quantitative estimate of drug-likeness (QED) is 0.862. The van der Waals surface area contributed by atoms with E-state index in [0.29, 0.717) is 23.6 Å². The fourth-order valence-corrected chi connectivity index (χ4v) is 2.80. The third-order valence-electron chi connectivity index (χ3n) is 4.25. The molecule has 2 aromatic heterocycles. The first-order valence-corrected chi connectivity index (χ1v) is 8.47. The zero-order chi connectivity index (χ0) is 17.8. The highest BCUT2D eigenvalue weighted by Gasteiger charge is 2.16. The highest BCUT2D eigenvalue weighted by Crippen LogP contribution is 2.29. The van der Waals surface area contributed by atoms with Crippen molar-refractivity contribution >= 4 is 11.8 Å². The molecular weight excluding hydrogens is 316 g/mol. The van der Waals surface area contributed by atoms with Crippen molar-refractivity contribution in [1.82, 2.24) is 15.0 Å². The Bertz CT molecular complexity index is 775. The molecule has 1 aliphatic rings. The summed E-state index contributed by atoms with van der Waals surface area (Å²) >= 11 is 0. The maximum absolute atomic E-state index is 9.41. The van der Waals surface area contributed by atoms with Crippen molar-refractivity contribution in [2.75, 3.05) is 24.2 Å². The zero-order valence-corrected chi connectivity index (χ0v) is 14.5. The lowest BCUT2D eigenvalue weighted by atomic mass is 9.99. The summed E-state index contributed by atoms with van der Waals surface area (Å²) < 4.78 is 5.57. The number of pyridine rings is 1. The molecule has 0 spiro atoms. The Labute approximate surface area is 147 Å². The van der Waals surface area contributed by atoms with Crippen LogP contribution in [0.25, 0.3) is 11.1 Å². The van der Waals surface area contributed by atoms with E-state index < -0.39 is 0 Å². The van der Waals surface area contributed by atoms with E-state index in [-0.39, 0.29) is 17.8 Å². The Morgan fingerprint density at radius 2 is 2.16 bits per heavy atom. The van der Waals surface area contributed by atoms with Gasteiger partial charge in [0.15, 0.2) is 0 Å². The summed E-state index contributed by atoms with van der Waals surface area (Å²) in [6.45, 7) is 5.59. The van der Waals surface area contributed by atoms with E-state index in [2.05, 4.69) is 26.3 Å². The number of hydrogen-bond acceptors (Lipinski definition) is 7. The predicted octanol–water partition coefficient (Wildman–Crippen LogP) is 2.71. The maximum atomic E-state index is 9.41. The van der Waals surface area contributed by atoms with Crippen molar-refractivity contribution < 1.29 is 4.74 Å². The van der Waals surface area contributed by atoms with Gasteiger partial charge in [-0.15, -0.1) is 0 Å². The maximum Gasteiger partial charge on any atom is 0.222 e. The summed E-state index contributed by atoms with van der Waals surface area (Å²) in [5.41, 5.74) is 8.61. The topological polar surface area (TPSA) is 110 Å². The molecule has 0 bridgehead atoms. The van der Waals surface area contributed by atoms with E-state index >= 15 is 0 Å². The SMILES string of the molecule is CC(C)c1cc(-c2cnc(NC[C@@H]3CCCO3)nc2)c(C#N)c(N)n1. The average molecular weight is 338 g/mol. The summed E-state index contributed by atoms with van der Waals surface area (Å²) in [5, 5.41) is 12.6. The van der Waals surface area contributed by atoms with Crippen molar-refractivity contribution in [1.29, 1.82) is 5.26 Å². The van der Waals surface area contributed by atoms with Crippen LogP contribution >= 0.6 is 0 Å². The molecule has 0 amide bonds. The highest BCUT2D eigenvalue weighted by molar-refractivity contribution is 5.75. The molecule has 0 unspecified atom stereocenters. The van der Waals surface area contributed by atoms with Crippen LogP contribution in [0.3, 0.4) is 0 Å². The standard InChI is InChI=1S/C18H22N6O/c1-11(2)16-6-14(15(7-19)17(20)24-16)12-8-21-18(22-9-12)23-10-13-4-3-5-25-13/h6,8-9,11,13H,3-5,10H2,1-2H3,(H2,20,24)(H,21,22,23)/t13-/m0/s1. The van der Waals surface area contributed by atoms with E-state index in [1.165, 1.54) is 0 Å². The molecule has 25 heavy (non-hydrogen) atoms.